The van der Waals surface area contributed by atoms with Gasteiger partial charge in [0.05, 0.1) is 15.7 Å². The van der Waals surface area contributed by atoms with Crippen molar-refractivity contribution < 1.29 is 38.8 Å². The van der Waals surface area contributed by atoms with Crippen LogP contribution in [0, 0.1) is 17.6 Å². The minimum Gasteiger partial charge on any atom is -0.223 e. The average Bonchev–Trinajstić information content (AvgIpc) is 2.79. The zero-order valence-corrected chi connectivity index (χ0v) is 23.3. The Morgan fingerprint density at radius 3 is 2.24 bits per heavy atom. The first-order chi connectivity index (χ1) is 16.2. The van der Waals surface area contributed by atoms with E-state index in [4.69, 9.17) is 0 Å². The van der Waals surface area contributed by atoms with Crippen LogP contribution in [0.3, 0.4) is 0 Å². The topological polar surface area (TPSA) is 80.3 Å². The Morgan fingerprint density at radius 2 is 1.68 bits per heavy atom. The van der Waals surface area contributed by atoms with Gasteiger partial charge in [-0.1, -0.05) is 6.92 Å². The Balaban J connectivity index is 0.00000241. The van der Waals surface area contributed by atoms with Crippen molar-refractivity contribution in [2.75, 3.05) is 0 Å². The largest absolute Gasteiger partial charge is 0.416 e. The fourth-order valence-electron chi connectivity index (χ4n) is 5.38. The second-order valence-corrected chi connectivity index (χ2v) is 13.4. The molecule has 2 aromatic rings. The number of hydrogen-bond donors (Lipinski definition) is 1. The molecule has 1 N–H and O–H groups in total. The van der Waals surface area contributed by atoms with Crippen LogP contribution in [0.25, 0.3) is 0 Å². The smallest absolute Gasteiger partial charge is 0.223 e. The van der Waals surface area contributed by atoms with Crippen molar-refractivity contribution in [2.24, 2.45) is 5.92 Å². The van der Waals surface area contributed by atoms with Gasteiger partial charge in [0.25, 0.3) is 0 Å². The molecule has 37 heavy (non-hydrogen) atoms. The van der Waals surface area contributed by atoms with Gasteiger partial charge in [0, 0.05) is 11.6 Å². The molecule has 0 amide bonds. The highest BCUT2D eigenvalue weighted by Crippen LogP contribution is 2.52. The molecule has 1 saturated carbocycles. The van der Waals surface area contributed by atoms with Crippen molar-refractivity contribution in [3.63, 3.8) is 0 Å². The van der Waals surface area contributed by atoms with E-state index in [-0.39, 0.29) is 59.1 Å². The standard InChI is InChI=1S/C23H24F5NO4S2.2H2S/c1-2-17-11-14-13-22(10-9-21(14)29-35(17,32)33,19-12-16(24)5-8-20(19)25)34(30,31)18-6-3-15(4-7-18)23(26,27)28;;/h3-8,12,14,17,21,29H,2,9-11,13H2,1H3;2*1H2/t14-,17+,21+,22-;;/m1../s1. The molecule has 1 aliphatic heterocycles. The molecule has 2 aliphatic rings. The summed E-state index contributed by atoms with van der Waals surface area (Å²) in [7, 11) is -8.14. The molecule has 5 nitrogen and oxygen atoms in total. The van der Waals surface area contributed by atoms with Crippen LogP contribution in [0.15, 0.2) is 47.4 Å². The van der Waals surface area contributed by atoms with Crippen LogP contribution in [-0.2, 0) is 30.8 Å². The highest BCUT2D eigenvalue weighted by atomic mass is 32.2. The van der Waals surface area contributed by atoms with Crippen molar-refractivity contribution in [1.29, 1.82) is 0 Å². The Hall–Kier alpha value is -1.35. The summed E-state index contributed by atoms with van der Waals surface area (Å²) in [6.45, 7) is 1.69. The van der Waals surface area contributed by atoms with E-state index in [1.165, 1.54) is 0 Å². The summed E-state index contributed by atoms with van der Waals surface area (Å²) in [5.41, 5.74) is -1.45. The number of sulfone groups is 1. The summed E-state index contributed by atoms with van der Waals surface area (Å²) in [4.78, 5) is -0.448. The van der Waals surface area contributed by atoms with E-state index in [0.717, 1.165) is 30.3 Å². The van der Waals surface area contributed by atoms with E-state index in [0.29, 0.717) is 12.1 Å². The number of fused-ring (bicyclic) bond motifs is 1. The van der Waals surface area contributed by atoms with Gasteiger partial charge in [-0.05, 0) is 80.5 Å². The summed E-state index contributed by atoms with van der Waals surface area (Å²) in [6, 6.07) is 4.82. The van der Waals surface area contributed by atoms with Gasteiger partial charge in [-0.15, -0.1) is 0 Å². The third kappa shape index (κ3) is 5.68. The Morgan fingerprint density at radius 1 is 1.05 bits per heavy atom. The molecule has 1 aliphatic carbocycles. The molecule has 2 fully saturated rings. The Labute approximate surface area is 227 Å². The lowest BCUT2D eigenvalue weighted by atomic mass is 9.72. The van der Waals surface area contributed by atoms with Crippen molar-refractivity contribution in [1.82, 2.24) is 4.72 Å². The predicted molar refractivity (Wildman–Crippen MR) is 139 cm³/mol. The maximum Gasteiger partial charge on any atom is 0.416 e. The molecule has 1 heterocycles. The number of rotatable bonds is 4. The molecule has 0 bridgehead atoms. The normalized spacial score (nSPS) is 27.4. The lowest BCUT2D eigenvalue weighted by Crippen LogP contribution is -2.57. The third-order valence-corrected chi connectivity index (χ3v) is 11.8. The van der Waals surface area contributed by atoms with Gasteiger partial charge in [-0.25, -0.2) is 30.3 Å². The van der Waals surface area contributed by atoms with Crippen molar-refractivity contribution >= 4 is 46.9 Å². The third-order valence-electron chi connectivity index (χ3n) is 7.22. The summed E-state index contributed by atoms with van der Waals surface area (Å²) in [5, 5.41) is -0.773. The van der Waals surface area contributed by atoms with E-state index in [2.05, 4.69) is 4.72 Å². The quantitative estimate of drug-likeness (QED) is 0.489. The van der Waals surface area contributed by atoms with Gasteiger partial charge in [-0.2, -0.15) is 40.2 Å². The molecule has 4 rings (SSSR count). The van der Waals surface area contributed by atoms with Gasteiger partial charge < -0.3 is 0 Å². The van der Waals surface area contributed by atoms with E-state index >= 15 is 4.39 Å². The molecular formula is C23H28F5NO4S4. The number of benzene rings is 2. The zero-order valence-electron chi connectivity index (χ0n) is 19.6. The SMILES string of the molecule is CC[C@H]1C[C@@H]2C[C@](c3cc(F)ccc3F)(S(=O)(=O)c3ccc(C(F)(F)F)cc3)CC[C@@H]2NS1(=O)=O.S.S. The molecular weight excluding hydrogens is 578 g/mol. The van der Waals surface area contributed by atoms with Crippen molar-refractivity contribution in [2.45, 2.75) is 66.1 Å². The molecule has 2 aromatic carbocycles. The van der Waals surface area contributed by atoms with E-state index in [9.17, 15) is 34.4 Å². The number of halogens is 5. The molecule has 0 unspecified atom stereocenters. The van der Waals surface area contributed by atoms with Crippen LogP contribution in [0.5, 0.6) is 0 Å². The number of alkyl halides is 3. The van der Waals surface area contributed by atoms with Crippen LogP contribution in [0.1, 0.15) is 50.2 Å². The van der Waals surface area contributed by atoms with Gasteiger partial charge in [0.1, 0.15) is 16.4 Å². The zero-order chi connectivity index (χ0) is 25.8. The van der Waals surface area contributed by atoms with Gasteiger partial charge in [0.15, 0.2) is 9.84 Å². The summed E-state index contributed by atoms with van der Waals surface area (Å²) >= 11 is 0. The van der Waals surface area contributed by atoms with Gasteiger partial charge in [-0.3, -0.25) is 0 Å². The van der Waals surface area contributed by atoms with Gasteiger partial charge >= 0.3 is 6.18 Å². The first-order valence-corrected chi connectivity index (χ1v) is 14.1. The average molecular weight is 606 g/mol. The summed E-state index contributed by atoms with van der Waals surface area (Å²) in [6.07, 6.45) is -4.67. The van der Waals surface area contributed by atoms with Crippen LogP contribution < -0.4 is 4.72 Å². The van der Waals surface area contributed by atoms with Gasteiger partial charge in [0.2, 0.25) is 10.0 Å². The Bertz CT molecular complexity index is 1330. The first kappa shape index (κ1) is 31.9. The number of hydrogen-bond acceptors (Lipinski definition) is 4. The fourth-order valence-corrected chi connectivity index (χ4v) is 9.46. The van der Waals surface area contributed by atoms with Crippen LogP contribution in [-0.4, -0.2) is 28.1 Å². The fraction of sp³-hybridized carbons (Fsp3) is 0.478. The molecule has 0 aromatic heterocycles. The lowest BCUT2D eigenvalue weighted by Gasteiger charge is -2.47. The second kappa shape index (κ2) is 11.0. The van der Waals surface area contributed by atoms with E-state index in [1.54, 1.807) is 6.92 Å². The first-order valence-electron chi connectivity index (χ1n) is 11.1. The van der Waals surface area contributed by atoms with E-state index < -0.39 is 75.7 Å². The summed E-state index contributed by atoms with van der Waals surface area (Å²) < 4.78 is 122. The maximum atomic E-state index is 15.1. The molecule has 14 heteroatoms. The lowest BCUT2D eigenvalue weighted by molar-refractivity contribution is -0.137. The van der Waals surface area contributed by atoms with Crippen molar-refractivity contribution in [3.8, 4) is 0 Å². The number of sulfonamides is 1. The molecule has 208 valence electrons. The second-order valence-electron chi connectivity index (χ2n) is 9.18. The van der Waals surface area contributed by atoms with Crippen LogP contribution in [0.2, 0.25) is 0 Å². The van der Waals surface area contributed by atoms with Crippen LogP contribution >= 0.6 is 27.0 Å². The molecule has 0 spiro atoms. The minimum absolute atomic E-state index is 0. The molecule has 0 radical (unpaired) electrons. The van der Waals surface area contributed by atoms with Crippen molar-refractivity contribution in [3.05, 3.63) is 65.2 Å². The maximum absolute atomic E-state index is 15.1. The monoisotopic (exact) mass is 605 g/mol. The van der Waals surface area contributed by atoms with Crippen LogP contribution in [0.4, 0.5) is 22.0 Å². The highest BCUT2D eigenvalue weighted by Gasteiger charge is 2.55. The highest BCUT2D eigenvalue weighted by molar-refractivity contribution is 7.92. The predicted octanol–water partition coefficient (Wildman–Crippen LogP) is 5.15. The summed E-state index contributed by atoms with van der Waals surface area (Å²) in [5.74, 6) is -2.31. The minimum atomic E-state index is -4.68. The Kier molecular flexibility index (Phi) is 9.50. The number of nitrogens with one attached hydrogen (secondary N) is 1. The molecule has 4 atom stereocenters. The van der Waals surface area contributed by atoms with E-state index in [1.807, 2.05) is 0 Å². The molecule has 1 saturated heterocycles.